The Labute approximate surface area is 106 Å². The van der Waals surface area contributed by atoms with Crippen LogP contribution in [-0.2, 0) is 0 Å². The Morgan fingerprint density at radius 2 is 1.83 bits per heavy atom. The molecule has 3 heteroatoms. The van der Waals surface area contributed by atoms with Crippen LogP contribution in [0.1, 0.15) is 28.3 Å². The molecular formula is C15H14N2O. The Balaban J connectivity index is 1.62. The first-order valence-electron chi connectivity index (χ1n) is 6.10. The zero-order valence-corrected chi connectivity index (χ0v) is 9.91. The van der Waals surface area contributed by atoms with Crippen molar-refractivity contribution >= 4 is 5.91 Å². The third kappa shape index (κ3) is 2.25. The minimum Gasteiger partial charge on any atom is -0.349 e. The Hall–Kier alpha value is -2.16. The third-order valence-electron chi connectivity index (χ3n) is 3.28. The van der Waals surface area contributed by atoms with Crippen molar-refractivity contribution in [3.8, 4) is 0 Å². The van der Waals surface area contributed by atoms with Gasteiger partial charge in [-0.25, -0.2) is 0 Å². The molecule has 1 amide bonds. The number of carbonyl (C=O) groups is 1. The lowest BCUT2D eigenvalue weighted by Gasteiger charge is -2.04. The van der Waals surface area contributed by atoms with Crippen LogP contribution in [0.15, 0.2) is 54.9 Å². The molecule has 1 aliphatic carbocycles. The lowest BCUT2D eigenvalue weighted by Crippen LogP contribution is -2.26. The zero-order chi connectivity index (χ0) is 12.4. The summed E-state index contributed by atoms with van der Waals surface area (Å²) in [6, 6.07) is 14.0. The molecule has 2 atom stereocenters. The lowest BCUT2D eigenvalue weighted by atomic mass is 10.1. The van der Waals surface area contributed by atoms with Crippen molar-refractivity contribution in [3.63, 3.8) is 0 Å². The van der Waals surface area contributed by atoms with Gasteiger partial charge < -0.3 is 5.32 Å². The highest BCUT2D eigenvalue weighted by molar-refractivity contribution is 5.94. The summed E-state index contributed by atoms with van der Waals surface area (Å²) < 4.78 is 0. The maximum atomic E-state index is 11.9. The minimum absolute atomic E-state index is 0.0131. The first-order valence-corrected chi connectivity index (χ1v) is 6.10. The number of hydrogen-bond donors (Lipinski definition) is 1. The SMILES string of the molecule is O=C(N[C@@H]1C[C@H]1c1ccccc1)c1ccncc1. The first-order chi connectivity index (χ1) is 8.84. The highest BCUT2D eigenvalue weighted by Crippen LogP contribution is 2.40. The van der Waals surface area contributed by atoms with Crippen molar-refractivity contribution < 1.29 is 4.79 Å². The number of hydrogen-bond acceptors (Lipinski definition) is 2. The molecule has 0 bridgehead atoms. The van der Waals surface area contributed by atoms with Gasteiger partial charge in [-0.1, -0.05) is 30.3 Å². The van der Waals surface area contributed by atoms with Crippen molar-refractivity contribution in [1.82, 2.24) is 10.3 Å². The van der Waals surface area contributed by atoms with Crippen LogP contribution < -0.4 is 5.32 Å². The van der Waals surface area contributed by atoms with Crippen LogP contribution in [0.5, 0.6) is 0 Å². The van der Waals surface area contributed by atoms with E-state index in [0.29, 0.717) is 11.5 Å². The van der Waals surface area contributed by atoms with Gasteiger partial charge in [0, 0.05) is 29.9 Å². The molecule has 1 fully saturated rings. The predicted octanol–water partition coefficient (Wildman–Crippen LogP) is 2.37. The first kappa shape index (κ1) is 11.0. The van der Waals surface area contributed by atoms with Crippen molar-refractivity contribution in [3.05, 3.63) is 66.0 Å². The van der Waals surface area contributed by atoms with Gasteiger partial charge in [0.25, 0.3) is 5.91 Å². The average molecular weight is 238 g/mol. The van der Waals surface area contributed by atoms with Crippen LogP contribution in [0, 0.1) is 0 Å². The summed E-state index contributed by atoms with van der Waals surface area (Å²) in [6.45, 7) is 0. The van der Waals surface area contributed by atoms with E-state index in [4.69, 9.17) is 0 Å². The van der Waals surface area contributed by atoms with E-state index in [9.17, 15) is 4.79 Å². The number of rotatable bonds is 3. The fourth-order valence-corrected chi connectivity index (χ4v) is 2.18. The van der Waals surface area contributed by atoms with Crippen LogP contribution in [-0.4, -0.2) is 16.9 Å². The minimum atomic E-state index is -0.0131. The largest absolute Gasteiger partial charge is 0.349 e. The van der Waals surface area contributed by atoms with Crippen LogP contribution in [0.3, 0.4) is 0 Å². The number of aromatic nitrogens is 1. The number of amides is 1. The molecule has 2 aromatic rings. The maximum Gasteiger partial charge on any atom is 0.251 e. The second-order valence-corrected chi connectivity index (χ2v) is 4.57. The molecule has 18 heavy (non-hydrogen) atoms. The molecule has 1 heterocycles. The van der Waals surface area contributed by atoms with E-state index < -0.39 is 0 Å². The normalized spacial score (nSPS) is 21.3. The third-order valence-corrected chi connectivity index (χ3v) is 3.28. The fourth-order valence-electron chi connectivity index (χ4n) is 2.18. The van der Waals surface area contributed by atoms with E-state index in [2.05, 4.69) is 22.4 Å². The Bertz CT molecular complexity index is 539. The summed E-state index contributed by atoms with van der Waals surface area (Å²) in [7, 11) is 0. The number of nitrogens with one attached hydrogen (secondary N) is 1. The van der Waals surface area contributed by atoms with E-state index in [1.165, 1.54) is 5.56 Å². The molecule has 0 radical (unpaired) electrons. The molecule has 0 aliphatic heterocycles. The molecule has 1 aromatic heterocycles. The monoisotopic (exact) mass is 238 g/mol. The molecule has 1 N–H and O–H groups in total. The summed E-state index contributed by atoms with van der Waals surface area (Å²) in [4.78, 5) is 15.8. The molecule has 1 aromatic carbocycles. The summed E-state index contributed by atoms with van der Waals surface area (Å²) in [6.07, 6.45) is 4.30. The van der Waals surface area contributed by atoms with E-state index in [0.717, 1.165) is 6.42 Å². The molecule has 0 spiro atoms. The van der Waals surface area contributed by atoms with Gasteiger partial charge >= 0.3 is 0 Å². The van der Waals surface area contributed by atoms with Crippen LogP contribution in [0.2, 0.25) is 0 Å². The van der Waals surface area contributed by atoms with Gasteiger partial charge in [0.15, 0.2) is 0 Å². The molecule has 1 saturated carbocycles. The number of pyridine rings is 1. The van der Waals surface area contributed by atoms with E-state index in [1.807, 2.05) is 18.2 Å². The van der Waals surface area contributed by atoms with Gasteiger partial charge in [0.2, 0.25) is 0 Å². The zero-order valence-electron chi connectivity index (χ0n) is 9.91. The van der Waals surface area contributed by atoms with Gasteiger partial charge in [0.05, 0.1) is 0 Å². The van der Waals surface area contributed by atoms with Crippen molar-refractivity contribution in [2.24, 2.45) is 0 Å². The average Bonchev–Trinajstić information content (AvgIpc) is 3.20. The second kappa shape index (κ2) is 4.61. The van der Waals surface area contributed by atoms with Crippen LogP contribution in [0.4, 0.5) is 0 Å². The second-order valence-electron chi connectivity index (χ2n) is 4.57. The Morgan fingerprint density at radius 1 is 1.11 bits per heavy atom. The number of benzene rings is 1. The molecule has 1 aliphatic rings. The molecule has 3 rings (SSSR count). The quantitative estimate of drug-likeness (QED) is 0.892. The number of nitrogens with zero attached hydrogens (tertiary/aromatic N) is 1. The van der Waals surface area contributed by atoms with Gasteiger partial charge in [-0.2, -0.15) is 0 Å². The van der Waals surface area contributed by atoms with Crippen LogP contribution in [0.25, 0.3) is 0 Å². The predicted molar refractivity (Wildman–Crippen MR) is 69.3 cm³/mol. The highest BCUT2D eigenvalue weighted by atomic mass is 16.1. The lowest BCUT2D eigenvalue weighted by molar-refractivity contribution is 0.0950. The van der Waals surface area contributed by atoms with Crippen molar-refractivity contribution in [1.29, 1.82) is 0 Å². The molecule has 90 valence electrons. The maximum absolute atomic E-state index is 11.9. The Kier molecular flexibility index (Phi) is 2.81. The van der Waals surface area contributed by atoms with Gasteiger partial charge in [-0.3, -0.25) is 9.78 Å². The highest BCUT2D eigenvalue weighted by Gasteiger charge is 2.39. The fraction of sp³-hybridized carbons (Fsp3) is 0.200. The summed E-state index contributed by atoms with van der Waals surface area (Å²) in [5.41, 5.74) is 1.97. The van der Waals surface area contributed by atoms with Gasteiger partial charge in [0.1, 0.15) is 0 Å². The van der Waals surface area contributed by atoms with E-state index in [-0.39, 0.29) is 11.9 Å². The molecular weight excluding hydrogens is 224 g/mol. The molecule has 3 nitrogen and oxygen atoms in total. The molecule has 0 unspecified atom stereocenters. The summed E-state index contributed by atoms with van der Waals surface area (Å²) >= 11 is 0. The summed E-state index contributed by atoms with van der Waals surface area (Å²) in [5.74, 6) is 0.456. The smallest absolute Gasteiger partial charge is 0.251 e. The van der Waals surface area contributed by atoms with Crippen molar-refractivity contribution in [2.75, 3.05) is 0 Å². The molecule has 0 saturated heterocycles. The van der Waals surface area contributed by atoms with E-state index >= 15 is 0 Å². The number of carbonyl (C=O) groups excluding carboxylic acids is 1. The van der Waals surface area contributed by atoms with E-state index in [1.54, 1.807) is 24.5 Å². The van der Waals surface area contributed by atoms with Gasteiger partial charge in [-0.15, -0.1) is 0 Å². The van der Waals surface area contributed by atoms with Gasteiger partial charge in [-0.05, 0) is 24.1 Å². The Morgan fingerprint density at radius 3 is 2.56 bits per heavy atom. The standard InChI is InChI=1S/C15H14N2O/c18-15(12-6-8-16-9-7-12)17-14-10-13(14)11-4-2-1-3-5-11/h1-9,13-14H,10H2,(H,17,18)/t13-,14+/m0/s1. The van der Waals surface area contributed by atoms with Crippen molar-refractivity contribution in [2.45, 2.75) is 18.4 Å². The topological polar surface area (TPSA) is 42.0 Å². The summed E-state index contributed by atoms with van der Waals surface area (Å²) in [5, 5.41) is 3.05. The van der Waals surface area contributed by atoms with Crippen LogP contribution >= 0.6 is 0 Å².